The zero-order valence-corrected chi connectivity index (χ0v) is 15.4. The number of esters is 1. The van der Waals surface area contributed by atoms with Crippen LogP contribution in [0.2, 0.25) is 0 Å². The molecule has 1 aromatic rings. The fraction of sp³-hybridized carbons (Fsp3) is 0.600. The van der Waals surface area contributed by atoms with Crippen molar-refractivity contribution < 1.29 is 18.7 Å². The zero-order valence-electron chi connectivity index (χ0n) is 15.4. The van der Waals surface area contributed by atoms with Crippen molar-refractivity contribution in [1.29, 1.82) is 0 Å². The topological polar surface area (TPSA) is 46.6 Å². The van der Waals surface area contributed by atoms with Crippen LogP contribution >= 0.6 is 0 Å². The van der Waals surface area contributed by atoms with E-state index in [9.17, 15) is 14.0 Å². The molecule has 1 aliphatic rings. The van der Waals surface area contributed by atoms with Gasteiger partial charge in [0, 0.05) is 19.5 Å². The Morgan fingerprint density at radius 3 is 2.68 bits per heavy atom. The number of likely N-dealkylation sites (tertiary alicyclic amines) is 1. The molecule has 0 bridgehead atoms. The van der Waals surface area contributed by atoms with E-state index in [0.717, 1.165) is 6.42 Å². The summed E-state index contributed by atoms with van der Waals surface area (Å²) in [5.41, 5.74) is -0.378. The number of halogens is 1. The van der Waals surface area contributed by atoms with Gasteiger partial charge in [-0.05, 0) is 43.7 Å². The van der Waals surface area contributed by atoms with Crippen molar-refractivity contribution in [2.24, 2.45) is 11.3 Å². The van der Waals surface area contributed by atoms with E-state index in [0.29, 0.717) is 31.5 Å². The highest BCUT2D eigenvalue weighted by molar-refractivity contribution is 5.81. The van der Waals surface area contributed by atoms with E-state index in [2.05, 4.69) is 0 Å². The van der Waals surface area contributed by atoms with Crippen LogP contribution in [0.15, 0.2) is 24.3 Å². The first-order valence-corrected chi connectivity index (χ1v) is 9.06. The van der Waals surface area contributed by atoms with E-state index in [1.54, 1.807) is 30.0 Å². The predicted molar refractivity (Wildman–Crippen MR) is 94.4 cm³/mol. The smallest absolute Gasteiger partial charge is 0.314 e. The molecule has 1 atom stereocenters. The van der Waals surface area contributed by atoms with E-state index in [4.69, 9.17) is 4.74 Å². The van der Waals surface area contributed by atoms with Crippen LogP contribution < -0.4 is 0 Å². The van der Waals surface area contributed by atoms with E-state index in [1.807, 2.05) is 13.8 Å². The first-order chi connectivity index (χ1) is 11.9. The molecule has 0 radical (unpaired) electrons. The molecular formula is C20H28FNO3. The molecule has 1 saturated heterocycles. The lowest BCUT2D eigenvalue weighted by atomic mass is 9.74. The molecule has 1 fully saturated rings. The summed E-state index contributed by atoms with van der Waals surface area (Å²) in [5.74, 6) is -0.341. The van der Waals surface area contributed by atoms with Gasteiger partial charge in [-0.3, -0.25) is 9.59 Å². The van der Waals surface area contributed by atoms with Crippen molar-refractivity contribution in [2.75, 3.05) is 19.7 Å². The second-order valence-corrected chi connectivity index (χ2v) is 7.29. The van der Waals surface area contributed by atoms with E-state index in [1.165, 1.54) is 6.07 Å². The van der Waals surface area contributed by atoms with Crippen LogP contribution in [-0.4, -0.2) is 36.5 Å². The molecule has 25 heavy (non-hydrogen) atoms. The van der Waals surface area contributed by atoms with Crippen LogP contribution in [0.1, 0.15) is 45.6 Å². The highest BCUT2D eigenvalue weighted by Crippen LogP contribution is 2.36. The van der Waals surface area contributed by atoms with Crippen LogP contribution in [0.5, 0.6) is 0 Å². The van der Waals surface area contributed by atoms with Crippen LogP contribution in [0, 0.1) is 17.2 Å². The molecule has 1 heterocycles. The molecule has 138 valence electrons. The standard InChI is InChI=1S/C20H28FNO3/c1-4-25-19(24)20(13-16-8-5-6-9-17(16)21)10-7-11-22(14-20)18(23)12-15(2)3/h5-6,8-9,15H,4,7,10-14H2,1-3H3/t20-/m0/s1. The van der Waals surface area contributed by atoms with Crippen LogP contribution in [-0.2, 0) is 20.7 Å². The summed E-state index contributed by atoms with van der Waals surface area (Å²) in [6.07, 6.45) is 2.03. The SMILES string of the molecule is CCOC(=O)[C@]1(Cc2ccccc2F)CCCN(C(=O)CC(C)C)C1. The number of rotatable bonds is 6. The zero-order chi connectivity index (χ0) is 18.4. The number of hydrogen-bond acceptors (Lipinski definition) is 3. The van der Waals surface area contributed by atoms with Gasteiger partial charge < -0.3 is 9.64 Å². The minimum absolute atomic E-state index is 0.0527. The summed E-state index contributed by atoms with van der Waals surface area (Å²) in [4.78, 5) is 27.0. The molecule has 4 nitrogen and oxygen atoms in total. The highest BCUT2D eigenvalue weighted by Gasteiger charge is 2.45. The number of carbonyl (C=O) groups excluding carboxylic acids is 2. The van der Waals surface area contributed by atoms with Gasteiger partial charge in [0.05, 0.1) is 12.0 Å². The molecule has 5 heteroatoms. The van der Waals surface area contributed by atoms with Crippen molar-refractivity contribution >= 4 is 11.9 Å². The van der Waals surface area contributed by atoms with Gasteiger partial charge in [-0.2, -0.15) is 0 Å². The highest BCUT2D eigenvalue weighted by atomic mass is 19.1. The van der Waals surface area contributed by atoms with Gasteiger partial charge in [-0.15, -0.1) is 0 Å². The van der Waals surface area contributed by atoms with Crippen LogP contribution in [0.3, 0.4) is 0 Å². The Bertz CT molecular complexity index is 617. The van der Waals surface area contributed by atoms with Gasteiger partial charge in [0.1, 0.15) is 5.82 Å². The van der Waals surface area contributed by atoms with Crippen LogP contribution in [0.4, 0.5) is 4.39 Å². The van der Waals surface area contributed by atoms with Gasteiger partial charge in [-0.1, -0.05) is 32.0 Å². The predicted octanol–water partition coefficient (Wildman–Crippen LogP) is 3.59. The Morgan fingerprint density at radius 1 is 1.32 bits per heavy atom. The maximum atomic E-state index is 14.2. The van der Waals surface area contributed by atoms with Crippen molar-refractivity contribution in [3.8, 4) is 0 Å². The molecule has 0 aromatic heterocycles. The van der Waals surface area contributed by atoms with Crippen molar-refractivity contribution in [1.82, 2.24) is 4.90 Å². The fourth-order valence-electron chi connectivity index (χ4n) is 3.50. The second kappa shape index (κ2) is 8.45. The number of carbonyl (C=O) groups is 2. The normalized spacial score (nSPS) is 20.6. The summed E-state index contributed by atoms with van der Waals surface area (Å²) in [7, 11) is 0. The number of ether oxygens (including phenoxy) is 1. The molecule has 0 aliphatic carbocycles. The molecule has 1 aliphatic heterocycles. The summed E-state index contributed by atoms with van der Waals surface area (Å²) in [5, 5.41) is 0. The van der Waals surface area contributed by atoms with Crippen LogP contribution in [0.25, 0.3) is 0 Å². The first-order valence-electron chi connectivity index (χ1n) is 9.06. The molecular weight excluding hydrogens is 321 g/mol. The minimum atomic E-state index is -0.872. The van der Waals surface area contributed by atoms with E-state index >= 15 is 0 Å². The molecule has 2 rings (SSSR count). The molecule has 0 spiro atoms. The second-order valence-electron chi connectivity index (χ2n) is 7.29. The van der Waals surface area contributed by atoms with Gasteiger partial charge in [0.15, 0.2) is 0 Å². The lowest BCUT2D eigenvalue weighted by Gasteiger charge is -2.41. The maximum Gasteiger partial charge on any atom is 0.314 e. The Morgan fingerprint density at radius 2 is 2.04 bits per heavy atom. The van der Waals surface area contributed by atoms with E-state index in [-0.39, 0.29) is 36.6 Å². The lowest BCUT2D eigenvalue weighted by Crippen LogP contribution is -2.51. The quantitative estimate of drug-likeness (QED) is 0.738. The number of amides is 1. The van der Waals surface area contributed by atoms with Crippen molar-refractivity contribution in [2.45, 2.75) is 46.5 Å². The monoisotopic (exact) mass is 349 g/mol. The maximum absolute atomic E-state index is 14.2. The number of nitrogens with zero attached hydrogens (tertiary/aromatic N) is 1. The number of benzene rings is 1. The fourth-order valence-corrected chi connectivity index (χ4v) is 3.50. The van der Waals surface area contributed by atoms with Crippen molar-refractivity contribution in [3.63, 3.8) is 0 Å². The molecule has 0 saturated carbocycles. The average molecular weight is 349 g/mol. The summed E-state index contributed by atoms with van der Waals surface area (Å²) < 4.78 is 19.5. The number of hydrogen-bond donors (Lipinski definition) is 0. The van der Waals surface area contributed by atoms with E-state index < -0.39 is 5.41 Å². The summed E-state index contributed by atoms with van der Waals surface area (Å²) in [6, 6.07) is 6.50. The third-order valence-electron chi connectivity index (χ3n) is 4.71. The third-order valence-corrected chi connectivity index (χ3v) is 4.71. The molecule has 1 amide bonds. The average Bonchev–Trinajstić information content (AvgIpc) is 2.57. The first kappa shape index (κ1) is 19.4. The lowest BCUT2D eigenvalue weighted by molar-refractivity contribution is -0.161. The summed E-state index contributed by atoms with van der Waals surface area (Å²) in [6.45, 7) is 6.98. The van der Waals surface area contributed by atoms with Gasteiger partial charge in [0.25, 0.3) is 0 Å². The molecule has 0 N–H and O–H groups in total. The van der Waals surface area contributed by atoms with Gasteiger partial charge in [0.2, 0.25) is 5.91 Å². The van der Waals surface area contributed by atoms with Gasteiger partial charge >= 0.3 is 5.97 Å². The Hall–Kier alpha value is -1.91. The third kappa shape index (κ3) is 4.80. The Kier molecular flexibility index (Phi) is 6.57. The number of piperidine rings is 1. The largest absolute Gasteiger partial charge is 0.466 e. The molecule has 1 aromatic carbocycles. The Balaban J connectivity index is 2.27. The summed E-state index contributed by atoms with van der Waals surface area (Å²) >= 11 is 0. The molecule has 0 unspecified atom stereocenters. The van der Waals surface area contributed by atoms with Crippen molar-refractivity contribution in [3.05, 3.63) is 35.6 Å². The Labute approximate surface area is 149 Å². The minimum Gasteiger partial charge on any atom is -0.466 e. The van der Waals surface area contributed by atoms with Gasteiger partial charge in [-0.25, -0.2) is 4.39 Å².